The number of allylic oxidation sites excluding steroid dienone is 1. The molecule has 1 aromatic rings. The van der Waals surface area contributed by atoms with Crippen LogP contribution in [0, 0.1) is 10.1 Å². The lowest BCUT2D eigenvalue weighted by molar-refractivity contribution is -0.384. The zero-order valence-corrected chi connectivity index (χ0v) is 15.5. The van der Waals surface area contributed by atoms with E-state index in [2.05, 4.69) is 5.32 Å². The molecule has 0 saturated carbocycles. The standard InChI is InChI=1S/C19H23N3O5/c1-4-12(3)21(5-2)18(23)17-16(19(24)25)15(10-11-20-17)13-6-8-14(9-7-13)22(26)27/h6-12,15,20H,4-5H2,1-3H3,(H,24,25). The molecule has 2 rings (SSSR count). The van der Waals surface area contributed by atoms with Crippen LogP contribution in [0.5, 0.6) is 0 Å². The maximum Gasteiger partial charge on any atom is 0.334 e. The average molecular weight is 373 g/mol. The molecule has 2 N–H and O–H groups in total. The molecule has 1 aliphatic rings. The van der Waals surface area contributed by atoms with E-state index < -0.39 is 16.8 Å². The van der Waals surface area contributed by atoms with Crippen LogP contribution in [0.1, 0.15) is 38.7 Å². The second-order valence-electron chi connectivity index (χ2n) is 6.27. The van der Waals surface area contributed by atoms with Gasteiger partial charge in [-0.05, 0) is 32.0 Å². The van der Waals surface area contributed by atoms with E-state index in [1.807, 2.05) is 20.8 Å². The third-order valence-electron chi connectivity index (χ3n) is 4.73. The molecule has 0 radical (unpaired) electrons. The number of amides is 1. The minimum atomic E-state index is -1.21. The molecule has 0 bridgehead atoms. The van der Waals surface area contributed by atoms with Crippen molar-refractivity contribution in [2.24, 2.45) is 0 Å². The molecule has 27 heavy (non-hydrogen) atoms. The van der Waals surface area contributed by atoms with Crippen molar-refractivity contribution in [2.45, 2.75) is 39.2 Å². The Bertz CT molecular complexity index is 798. The summed E-state index contributed by atoms with van der Waals surface area (Å²) in [5.41, 5.74) is 0.434. The number of nitrogens with one attached hydrogen (secondary N) is 1. The van der Waals surface area contributed by atoms with Crippen LogP contribution in [0.3, 0.4) is 0 Å². The van der Waals surface area contributed by atoms with Crippen LogP contribution < -0.4 is 5.32 Å². The summed E-state index contributed by atoms with van der Waals surface area (Å²) in [5, 5.41) is 23.4. The van der Waals surface area contributed by atoms with E-state index in [0.29, 0.717) is 12.1 Å². The van der Waals surface area contributed by atoms with Gasteiger partial charge in [-0.25, -0.2) is 4.79 Å². The van der Waals surface area contributed by atoms with Gasteiger partial charge in [-0.2, -0.15) is 0 Å². The Labute approximate surface area is 157 Å². The molecular weight excluding hydrogens is 350 g/mol. The smallest absolute Gasteiger partial charge is 0.334 e. The number of hydrogen-bond acceptors (Lipinski definition) is 5. The van der Waals surface area contributed by atoms with Gasteiger partial charge >= 0.3 is 5.97 Å². The fraction of sp³-hybridized carbons (Fsp3) is 0.368. The monoisotopic (exact) mass is 373 g/mol. The van der Waals surface area contributed by atoms with Gasteiger partial charge in [0.15, 0.2) is 0 Å². The van der Waals surface area contributed by atoms with Gasteiger partial charge in [0.1, 0.15) is 5.70 Å². The van der Waals surface area contributed by atoms with Crippen molar-refractivity contribution < 1.29 is 19.6 Å². The number of non-ortho nitro benzene ring substituents is 1. The van der Waals surface area contributed by atoms with Crippen LogP contribution in [-0.4, -0.2) is 39.4 Å². The second kappa shape index (κ2) is 8.48. The summed E-state index contributed by atoms with van der Waals surface area (Å²) in [4.78, 5) is 36.9. The van der Waals surface area contributed by atoms with E-state index in [1.165, 1.54) is 30.5 Å². The van der Waals surface area contributed by atoms with Crippen molar-refractivity contribution in [3.8, 4) is 0 Å². The molecule has 0 aromatic heterocycles. The van der Waals surface area contributed by atoms with E-state index in [4.69, 9.17) is 0 Å². The average Bonchev–Trinajstić information content (AvgIpc) is 2.67. The molecule has 0 fully saturated rings. The Kier molecular flexibility index (Phi) is 6.33. The van der Waals surface area contributed by atoms with Gasteiger partial charge < -0.3 is 15.3 Å². The van der Waals surface area contributed by atoms with Crippen molar-refractivity contribution in [2.75, 3.05) is 6.54 Å². The highest BCUT2D eigenvalue weighted by Gasteiger charge is 2.33. The SMILES string of the molecule is CCC(C)N(CC)C(=O)C1=C(C(=O)O)C(c2ccc([N+](=O)[O-])cc2)C=CN1. The van der Waals surface area contributed by atoms with Gasteiger partial charge in [-0.3, -0.25) is 14.9 Å². The quantitative estimate of drug-likeness (QED) is 0.561. The summed E-state index contributed by atoms with van der Waals surface area (Å²) in [7, 11) is 0. The fourth-order valence-corrected chi connectivity index (χ4v) is 3.07. The third kappa shape index (κ3) is 4.16. The minimum absolute atomic E-state index is 0.0236. The number of dihydropyridines is 1. The number of nitro groups is 1. The summed E-state index contributed by atoms with van der Waals surface area (Å²) in [6, 6.07) is 5.63. The molecule has 1 amide bonds. The molecule has 1 aromatic carbocycles. The van der Waals surface area contributed by atoms with Crippen molar-refractivity contribution in [3.05, 3.63) is 63.5 Å². The molecule has 0 aliphatic carbocycles. The number of carbonyl (C=O) groups excluding carboxylic acids is 1. The van der Waals surface area contributed by atoms with Crippen molar-refractivity contribution in [1.29, 1.82) is 0 Å². The Morgan fingerprint density at radius 3 is 2.41 bits per heavy atom. The molecule has 2 atom stereocenters. The number of carboxylic acids is 1. The lowest BCUT2D eigenvalue weighted by atomic mass is 9.87. The van der Waals surface area contributed by atoms with Crippen LogP contribution in [0.25, 0.3) is 0 Å². The van der Waals surface area contributed by atoms with E-state index in [0.717, 1.165) is 6.42 Å². The lowest BCUT2D eigenvalue weighted by Gasteiger charge is -2.31. The number of benzene rings is 1. The molecule has 2 unspecified atom stereocenters. The Morgan fingerprint density at radius 1 is 1.30 bits per heavy atom. The third-order valence-corrected chi connectivity index (χ3v) is 4.73. The normalized spacial score (nSPS) is 17.2. The molecule has 144 valence electrons. The fourth-order valence-electron chi connectivity index (χ4n) is 3.07. The number of likely N-dealkylation sites (N-methyl/N-ethyl adjacent to an activating group) is 1. The largest absolute Gasteiger partial charge is 0.478 e. The molecule has 0 spiro atoms. The molecular formula is C19H23N3O5. The minimum Gasteiger partial charge on any atom is -0.478 e. The van der Waals surface area contributed by atoms with Gasteiger partial charge in [0, 0.05) is 30.6 Å². The van der Waals surface area contributed by atoms with Crippen LogP contribution in [-0.2, 0) is 9.59 Å². The van der Waals surface area contributed by atoms with Crippen LogP contribution in [0.2, 0.25) is 0 Å². The van der Waals surface area contributed by atoms with Crippen molar-refractivity contribution in [3.63, 3.8) is 0 Å². The van der Waals surface area contributed by atoms with E-state index in [9.17, 15) is 24.8 Å². The number of carboxylic acid groups (broad SMARTS) is 1. The number of carbonyl (C=O) groups is 2. The topological polar surface area (TPSA) is 113 Å². The Morgan fingerprint density at radius 2 is 1.93 bits per heavy atom. The highest BCUT2D eigenvalue weighted by atomic mass is 16.6. The first kappa shape index (κ1) is 20.2. The van der Waals surface area contributed by atoms with Crippen LogP contribution in [0.4, 0.5) is 5.69 Å². The number of rotatable bonds is 7. The summed E-state index contributed by atoms with van der Waals surface area (Å²) >= 11 is 0. The molecule has 8 nitrogen and oxygen atoms in total. The molecule has 0 saturated heterocycles. The summed E-state index contributed by atoms with van der Waals surface area (Å²) in [6.07, 6.45) is 3.91. The van der Waals surface area contributed by atoms with Crippen molar-refractivity contribution in [1.82, 2.24) is 10.2 Å². The first-order chi connectivity index (χ1) is 12.8. The number of nitro benzene ring substituents is 1. The van der Waals surface area contributed by atoms with Gasteiger partial charge in [0.25, 0.3) is 11.6 Å². The van der Waals surface area contributed by atoms with Crippen LogP contribution in [0.15, 0.2) is 47.8 Å². The van der Waals surface area contributed by atoms with Gasteiger partial charge in [0.2, 0.25) is 0 Å². The lowest BCUT2D eigenvalue weighted by Crippen LogP contribution is -2.43. The highest BCUT2D eigenvalue weighted by Crippen LogP contribution is 2.32. The zero-order chi connectivity index (χ0) is 20.1. The number of aliphatic carboxylic acids is 1. The number of hydrogen-bond donors (Lipinski definition) is 2. The Balaban J connectivity index is 2.48. The molecule has 1 heterocycles. The van der Waals surface area contributed by atoms with Gasteiger partial charge in [-0.1, -0.05) is 25.1 Å². The molecule has 1 aliphatic heterocycles. The van der Waals surface area contributed by atoms with Crippen molar-refractivity contribution >= 4 is 17.6 Å². The summed E-state index contributed by atoms with van der Waals surface area (Å²) in [6.45, 7) is 6.17. The predicted octanol–water partition coefficient (Wildman–Crippen LogP) is 2.78. The zero-order valence-electron chi connectivity index (χ0n) is 15.5. The van der Waals surface area contributed by atoms with E-state index >= 15 is 0 Å². The van der Waals surface area contributed by atoms with Crippen LogP contribution >= 0.6 is 0 Å². The first-order valence-corrected chi connectivity index (χ1v) is 8.77. The highest BCUT2D eigenvalue weighted by molar-refractivity contribution is 6.03. The maximum absolute atomic E-state index is 13.0. The van der Waals surface area contributed by atoms with Gasteiger partial charge in [0.05, 0.1) is 10.5 Å². The number of nitrogens with zero attached hydrogens (tertiary/aromatic N) is 2. The molecule has 8 heteroatoms. The van der Waals surface area contributed by atoms with E-state index in [-0.39, 0.29) is 28.9 Å². The predicted molar refractivity (Wildman–Crippen MR) is 99.9 cm³/mol. The maximum atomic E-state index is 13.0. The van der Waals surface area contributed by atoms with E-state index in [1.54, 1.807) is 11.0 Å². The second-order valence-corrected chi connectivity index (χ2v) is 6.27. The first-order valence-electron chi connectivity index (χ1n) is 8.77. The summed E-state index contributed by atoms with van der Waals surface area (Å²) in [5.74, 6) is -2.27. The van der Waals surface area contributed by atoms with Gasteiger partial charge in [-0.15, -0.1) is 0 Å². The Hall–Kier alpha value is -3.16. The summed E-state index contributed by atoms with van der Waals surface area (Å²) < 4.78 is 0.